The Morgan fingerprint density at radius 1 is 1.14 bits per heavy atom. The van der Waals surface area contributed by atoms with Crippen LogP contribution < -0.4 is 10.6 Å². The molecule has 0 saturated heterocycles. The lowest BCUT2D eigenvalue weighted by Crippen LogP contribution is -2.16. The number of anilines is 2. The van der Waals surface area contributed by atoms with Gasteiger partial charge in [0.2, 0.25) is 5.91 Å². The topological polar surface area (TPSA) is 64.9 Å². The summed E-state index contributed by atoms with van der Waals surface area (Å²) in [5, 5.41) is 14.8. The van der Waals surface area contributed by atoms with Crippen LogP contribution in [0, 0.1) is 25.2 Å². The summed E-state index contributed by atoms with van der Waals surface area (Å²) < 4.78 is 0. The number of carbonyl (C=O) groups excluding carboxylic acids is 1. The van der Waals surface area contributed by atoms with E-state index in [1.165, 1.54) is 11.1 Å². The van der Waals surface area contributed by atoms with E-state index >= 15 is 0 Å². The van der Waals surface area contributed by atoms with Crippen molar-refractivity contribution in [2.75, 3.05) is 17.2 Å². The van der Waals surface area contributed by atoms with E-state index in [2.05, 4.69) is 30.5 Å². The predicted molar refractivity (Wildman–Crippen MR) is 88.8 cm³/mol. The summed E-state index contributed by atoms with van der Waals surface area (Å²) >= 11 is 0. The molecule has 4 heteroatoms. The zero-order valence-corrected chi connectivity index (χ0v) is 12.8. The van der Waals surface area contributed by atoms with Gasteiger partial charge in [0.1, 0.15) is 0 Å². The van der Waals surface area contributed by atoms with Gasteiger partial charge in [0.25, 0.3) is 0 Å². The number of nitriles is 1. The van der Waals surface area contributed by atoms with Crippen LogP contribution in [0.25, 0.3) is 0 Å². The van der Waals surface area contributed by atoms with Crippen molar-refractivity contribution in [2.24, 2.45) is 0 Å². The van der Waals surface area contributed by atoms with Crippen molar-refractivity contribution in [1.29, 1.82) is 5.26 Å². The second kappa shape index (κ2) is 7.28. The Hall–Kier alpha value is -2.80. The van der Waals surface area contributed by atoms with Gasteiger partial charge in [-0.05, 0) is 55.3 Å². The monoisotopic (exact) mass is 293 g/mol. The Morgan fingerprint density at radius 3 is 2.55 bits per heavy atom. The summed E-state index contributed by atoms with van der Waals surface area (Å²) in [5.74, 6) is -0.0532. The minimum atomic E-state index is -0.0532. The lowest BCUT2D eigenvalue weighted by Gasteiger charge is -2.11. The van der Waals surface area contributed by atoms with Gasteiger partial charge in [0.15, 0.2) is 0 Å². The average molecular weight is 293 g/mol. The number of rotatable bonds is 5. The molecular formula is C18H19N3O. The second-order valence-corrected chi connectivity index (χ2v) is 5.16. The number of hydrogen-bond donors (Lipinski definition) is 2. The maximum atomic E-state index is 11.9. The molecule has 1 amide bonds. The molecule has 0 aliphatic rings. The van der Waals surface area contributed by atoms with Crippen molar-refractivity contribution in [3.63, 3.8) is 0 Å². The molecule has 4 nitrogen and oxygen atoms in total. The van der Waals surface area contributed by atoms with E-state index < -0.39 is 0 Å². The zero-order valence-electron chi connectivity index (χ0n) is 12.8. The number of nitrogens with zero attached hydrogens (tertiary/aromatic N) is 1. The third-order valence-electron chi connectivity index (χ3n) is 3.57. The normalized spacial score (nSPS) is 9.86. The van der Waals surface area contributed by atoms with Crippen LogP contribution in [-0.4, -0.2) is 12.5 Å². The summed E-state index contributed by atoms with van der Waals surface area (Å²) in [6.07, 6.45) is 0.382. The van der Waals surface area contributed by atoms with Crippen LogP contribution in [0.4, 0.5) is 11.4 Å². The molecule has 0 spiro atoms. The smallest absolute Gasteiger partial charge is 0.226 e. The number of hydrogen-bond acceptors (Lipinski definition) is 3. The minimum Gasteiger partial charge on any atom is -0.384 e. The van der Waals surface area contributed by atoms with Gasteiger partial charge in [-0.1, -0.05) is 12.1 Å². The van der Waals surface area contributed by atoms with E-state index in [1.54, 1.807) is 24.3 Å². The Kier molecular flexibility index (Phi) is 5.16. The quantitative estimate of drug-likeness (QED) is 0.885. The highest BCUT2D eigenvalue weighted by Gasteiger charge is 2.04. The molecule has 0 bridgehead atoms. The second-order valence-electron chi connectivity index (χ2n) is 5.16. The molecule has 0 aliphatic heterocycles. The largest absolute Gasteiger partial charge is 0.384 e. The van der Waals surface area contributed by atoms with Crippen LogP contribution in [0.1, 0.15) is 23.1 Å². The van der Waals surface area contributed by atoms with Crippen LogP contribution in [0.5, 0.6) is 0 Å². The van der Waals surface area contributed by atoms with Gasteiger partial charge in [-0.15, -0.1) is 0 Å². The van der Waals surface area contributed by atoms with Crippen molar-refractivity contribution >= 4 is 17.3 Å². The van der Waals surface area contributed by atoms with E-state index in [0.29, 0.717) is 24.2 Å². The molecule has 0 atom stereocenters. The van der Waals surface area contributed by atoms with Crippen LogP contribution >= 0.6 is 0 Å². The van der Waals surface area contributed by atoms with Gasteiger partial charge in [-0.2, -0.15) is 5.26 Å². The fourth-order valence-corrected chi connectivity index (χ4v) is 2.10. The Labute approximate surface area is 130 Å². The third kappa shape index (κ3) is 4.10. The van der Waals surface area contributed by atoms with Crippen molar-refractivity contribution < 1.29 is 4.79 Å². The van der Waals surface area contributed by atoms with Crippen LogP contribution in [0.2, 0.25) is 0 Å². The molecule has 2 aromatic rings. The average Bonchev–Trinajstić information content (AvgIpc) is 2.52. The zero-order chi connectivity index (χ0) is 15.9. The van der Waals surface area contributed by atoms with E-state index in [4.69, 9.17) is 5.26 Å². The fourth-order valence-electron chi connectivity index (χ4n) is 2.10. The number of aryl methyl sites for hydroxylation is 1. The summed E-state index contributed by atoms with van der Waals surface area (Å²) in [4.78, 5) is 11.9. The third-order valence-corrected chi connectivity index (χ3v) is 3.57. The predicted octanol–water partition coefficient (Wildman–Crippen LogP) is 3.62. The van der Waals surface area contributed by atoms with Crippen LogP contribution in [-0.2, 0) is 4.79 Å². The Balaban J connectivity index is 1.82. The van der Waals surface area contributed by atoms with Crippen LogP contribution in [0.15, 0.2) is 42.5 Å². The number of nitrogens with one attached hydrogen (secondary N) is 2. The van der Waals surface area contributed by atoms with Crippen molar-refractivity contribution in [3.05, 3.63) is 59.2 Å². The molecule has 2 N–H and O–H groups in total. The molecule has 0 fully saturated rings. The first-order valence-corrected chi connectivity index (χ1v) is 7.20. The molecule has 0 radical (unpaired) electrons. The van der Waals surface area contributed by atoms with Gasteiger partial charge < -0.3 is 10.6 Å². The number of benzene rings is 2. The summed E-state index contributed by atoms with van der Waals surface area (Å²) in [6.45, 7) is 4.71. The maximum Gasteiger partial charge on any atom is 0.226 e. The molecule has 0 aliphatic carbocycles. The first-order valence-electron chi connectivity index (χ1n) is 7.20. The van der Waals surface area contributed by atoms with Gasteiger partial charge in [-0.3, -0.25) is 4.79 Å². The van der Waals surface area contributed by atoms with Crippen molar-refractivity contribution in [2.45, 2.75) is 20.3 Å². The molecule has 112 valence electrons. The summed E-state index contributed by atoms with van der Waals surface area (Å²) in [6, 6.07) is 15.0. The van der Waals surface area contributed by atoms with Crippen molar-refractivity contribution in [1.82, 2.24) is 0 Å². The summed E-state index contributed by atoms with van der Waals surface area (Å²) in [7, 11) is 0. The molecule has 0 unspecified atom stereocenters. The van der Waals surface area contributed by atoms with Gasteiger partial charge in [-0.25, -0.2) is 0 Å². The Bertz CT molecular complexity index is 699. The van der Waals surface area contributed by atoms with E-state index in [1.807, 2.05) is 18.2 Å². The number of carbonyl (C=O) groups is 1. The lowest BCUT2D eigenvalue weighted by molar-refractivity contribution is -0.115. The van der Waals surface area contributed by atoms with Crippen molar-refractivity contribution in [3.8, 4) is 6.07 Å². The molecule has 0 saturated carbocycles. The van der Waals surface area contributed by atoms with E-state index in [-0.39, 0.29) is 5.91 Å². The first kappa shape index (κ1) is 15.6. The molecule has 0 aromatic heterocycles. The minimum absolute atomic E-state index is 0.0532. The molecular weight excluding hydrogens is 274 g/mol. The first-order chi connectivity index (χ1) is 10.6. The summed E-state index contributed by atoms with van der Waals surface area (Å²) in [5.41, 5.74) is 4.78. The van der Waals surface area contributed by atoms with Crippen LogP contribution in [0.3, 0.4) is 0 Å². The SMILES string of the molecule is Cc1cccc(NCCC(=O)Nc2ccc(C#N)cc2)c1C. The molecule has 0 heterocycles. The maximum absolute atomic E-state index is 11.9. The van der Waals surface area contributed by atoms with E-state index in [0.717, 1.165) is 5.69 Å². The standard InChI is InChI=1S/C18H19N3O/c1-13-4-3-5-17(14(13)2)20-11-10-18(22)21-16-8-6-15(12-19)7-9-16/h3-9,20H,10-11H2,1-2H3,(H,21,22). The van der Waals surface area contributed by atoms with Gasteiger partial charge >= 0.3 is 0 Å². The fraction of sp³-hybridized carbons (Fsp3) is 0.222. The lowest BCUT2D eigenvalue weighted by atomic mass is 10.1. The highest BCUT2D eigenvalue weighted by Crippen LogP contribution is 2.17. The Morgan fingerprint density at radius 2 is 1.86 bits per heavy atom. The molecule has 2 rings (SSSR count). The highest BCUT2D eigenvalue weighted by molar-refractivity contribution is 5.91. The van der Waals surface area contributed by atoms with E-state index in [9.17, 15) is 4.79 Å². The van der Waals surface area contributed by atoms with Gasteiger partial charge in [0, 0.05) is 24.3 Å². The number of amides is 1. The highest BCUT2D eigenvalue weighted by atomic mass is 16.1. The van der Waals surface area contributed by atoms with Gasteiger partial charge in [0.05, 0.1) is 11.6 Å². The molecule has 2 aromatic carbocycles. The molecule has 22 heavy (non-hydrogen) atoms.